The SMILES string of the molecule is C[C@@H](NC(=O)CN1C(=O)CNC1=O)C(=O)O. The van der Waals surface area contributed by atoms with Crippen molar-refractivity contribution in [2.75, 3.05) is 13.1 Å². The van der Waals surface area contributed by atoms with Crippen molar-refractivity contribution >= 4 is 23.8 Å². The number of hydrogen-bond donors (Lipinski definition) is 3. The monoisotopic (exact) mass is 229 g/mol. The maximum absolute atomic E-state index is 11.3. The first-order valence-electron chi connectivity index (χ1n) is 4.52. The van der Waals surface area contributed by atoms with Crippen molar-refractivity contribution in [1.29, 1.82) is 0 Å². The van der Waals surface area contributed by atoms with Crippen LogP contribution < -0.4 is 10.6 Å². The molecule has 1 rings (SSSR count). The lowest BCUT2D eigenvalue weighted by molar-refractivity contribution is -0.141. The lowest BCUT2D eigenvalue weighted by atomic mass is 10.3. The van der Waals surface area contributed by atoms with Crippen LogP contribution in [0.5, 0.6) is 0 Å². The molecule has 8 heteroatoms. The van der Waals surface area contributed by atoms with Gasteiger partial charge < -0.3 is 15.7 Å². The molecule has 0 radical (unpaired) electrons. The highest BCUT2D eigenvalue weighted by molar-refractivity contribution is 6.04. The number of carboxylic acid groups (broad SMARTS) is 1. The van der Waals surface area contributed by atoms with E-state index in [0.717, 1.165) is 4.90 Å². The Balaban J connectivity index is 2.48. The molecule has 0 bridgehead atoms. The molecule has 0 aromatic heterocycles. The van der Waals surface area contributed by atoms with E-state index in [9.17, 15) is 19.2 Å². The molecular formula is C8H11N3O5. The molecule has 0 aromatic rings. The number of carbonyl (C=O) groups excluding carboxylic acids is 3. The Hall–Kier alpha value is -2.12. The Morgan fingerprint density at radius 3 is 2.62 bits per heavy atom. The second kappa shape index (κ2) is 4.60. The molecule has 0 spiro atoms. The summed E-state index contributed by atoms with van der Waals surface area (Å²) in [6, 6.07) is -1.71. The summed E-state index contributed by atoms with van der Waals surface area (Å²) in [6.45, 7) is 0.676. The van der Waals surface area contributed by atoms with Crippen LogP contribution in [-0.2, 0) is 14.4 Å². The van der Waals surface area contributed by atoms with Crippen LogP contribution in [0.2, 0.25) is 0 Å². The number of amides is 4. The smallest absolute Gasteiger partial charge is 0.325 e. The third kappa shape index (κ3) is 2.69. The van der Waals surface area contributed by atoms with Crippen molar-refractivity contribution < 1.29 is 24.3 Å². The first-order chi connectivity index (χ1) is 7.41. The van der Waals surface area contributed by atoms with Crippen molar-refractivity contribution in [3.63, 3.8) is 0 Å². The van der Waals surface area contributed by atoms with Crippen molar-refractivity contribution in [3.8, 4) is 0 Å². The Kier molecular flexibility index (Phi) is 3.44. The van der Waals surface area contributed by atoms with Gasteiger partial charge in [0.05, 0.1) is 6.54 Å². The van der Waals surface area contributed by atoms with Gasteiger partial charge in [-0.25, -0.2) is 4.79 Å². The molecule has 8 nitrogen and oxygen atoms in total. The molecule has 4 amide bonds. The average molecular weight is 229 g/mol. The van der Waals surface area contributed by atoms with Gasteiger partial charge in [0.2, 0.25) is 5.91 Å². The quantitative estimate of drug-likeness (QED) is 0.488. The van der Waals surface area contributed by atoms with E-state index in [2.05, 4.69) is 10.6 Å². The van der Waals surface area contributed by atoms with Gasteiger partial charge in [0.1, 0.15) is 12.6 Å². The molecule has 0 saturated carbocycles. The van der Waals surface area contributed by atoms with Gasteiger partial charge in [-0.3, -0.25) is 19.3 Å². The van der Waals surface area contributed by atoms with E-state index in [1.165, 1.54) is 6.92 Å². The van der Waals surface area contributed by atoms with E-state index in [-0.39, 0.29) is 6.54 Å². The van der Waals surface area contributed by atoms with E-state index < -0.39 is 36.4 Å². The number of carboxylic acids is 1. The van der Waals surface area contributed by atoms with Gasteiger partial charge in [-0.1, -0.05) is 0 Å². The normalized spacial score (nSPS) is 16.9. The van der Waals surface area contributed by atoms with Crippen LogP contribution in [0.3, 0.4) is 0 Å². The van der Waals surface area contributed by atoms with E-state index in [0.29, 0.717) is 0 Å². The minimum Gasteiger partial charge on any atom is -0.480 e. The van der Waals surface area contributed by atoms with Crippen LogP contribution in [-0.4, -0.2) is 53.0 Å². The number of aliphatic carboxylic acids is 1. The maximum Gasteiger partial charge on any atom is 0.325 e. The van der Waals surface area contributed by atoms with Crippen molar-refractivity contribution in [3.05, 3.63) is 0 Å². The van der Waals surface area contributed by atoms with Gasteiger partial charge in [-0.2, -0.15) is 0 Å². The third-order valence-electron chi connectivity index (χ3n) is 1.99. The Bertz CT molecular complexity index is 338. The summed E-state index contributed by atoms with van der Waals surface area (Å²) in [4.78, 5) is 44.5. The number of carbonyl (C=O) groups is 4. The molecule has 0 aliphatic carbocycles. The fraction of sp³-hybridized carbons (Fsp3) is 0.500. The summed E-state index contributed by atoms with van der Waals surface area (Å²) in [5, 5.41) is 12.9. The molecule has 1 heterocycles. The lowest BCUT2D eigenvalue weighted by Crippen LogP contribution is -2.45. The van der Waals surface area contributed by atoms with Crippen LogP contribution in [0.4, 0.5) is 4.79 Å². The maximum atomic E-state index is 11.3. The number of rotatable bonds is 4. The van der Waals surface area contributed by atoms with Crippen LogP contribution >= 0.6 is 0 Å². The summed E-state index contributed by atoms with van der Waals surface area (Å²) in [5.41, 5.74) is 0. The van der Waals surface area contributed by atoms with Crippen molar-refractivity contribution in [1.82, 2.24) is 15.5 Å². The first kappa shape index (κ1) is 12.0. The molecule has 1 aliphatic heterocycles. The summed E-state index contributed by atoms with van der Waals surface area (Å²) >= 11 is 0. The van der Waals surface area contributed by atoms with E-state index in [4.69, 9.17) is 5.11 Å². The van der Waals surface area contributed by atoms with E-state index >= 15 is 0 Å². The van der Waals surface area contributed by atoms with Gasteiger partial charge >= 0.3 is 12.0 Å². The molecule has 16 heavy (non-hydrogen) atoms. The second-order valence-electron chi connectivity index (χ2n) is 3.27. The lowest BCUT2D eigenvalue weighted by Gasteiger charge is -2.13. The Labute approximate surface area is 90.6 Å². The largest absolute Gasteiger partial charge is 0.480 e. The van der Waals surface area contributed by atoms with Gasteiger partial charge in [-0.15, -0.1) is 0 Å². The predicted octanol–water partition coefficient (Wildman–Crippen LogP) is -1.87. The highest BCUT2D eigenvalue weighted by Crippen LogP contribution is 1.98. The summed E-state index contributed by atoms with van der Waals surface area (Å²) in [6.07, 6.45) is 0. The predicted molar refractivity (Wildman–Crippen MR) is 50.4 cm³/mol. The molecule has 0 aromatic carbocycles. The van der Waals surface area contributed by atoms with E-state index in [1.807, 2.05) is 0 Å². The molecule has 0 unspecified atom stereocenters. The minimum absolute atomic E-state index is 0.138. The summed E-state index contributed by atoms with van der Waals surface area (Å²) in [7, 11) is 0. The zero-order valence-corrected chi connectivity index (χ0v) is 8.52. The highest BCUT2D eigenvalue weighted by atomic mass is 16.4. The molecule has 1 aliphatic rings. The molecule has 1 fully saturated rings. The summed E-state index contributed by atoms with van der Waals surface area (Å²) < 4.78 is 0. The fourth-order valence-corrected chi connectivity index (χ4v) is 1.11. The van der Waals surface area contributed by atoms with Gasteiger partial charge in [0, 0.05) is 0 Å². The molecule has 88 valence electrons. The van der Waals surface area contributed by atoms with Crippen LogP contribution in [0.15, 0.2) is 0 Å². The topological polar surface area (TPSA) is 116 Å². The molecule has 1 saturated heterocycles. The van der Waals surface area contributed by atoms with Crippen LogP contribution in [0, 0.1) is 0 Å². The zero-order valence-electron chi connectivity index (χ0n) is 8.52. The summed E-state index contributed by atoms with van der Waals surface area (Å²) in [5.74, 6) is -2.39. The number of imide groups is 1. The zero-order chi connectivity index (χ0) is 12.3. The second-order valence-corrected chi connectivity index (χ2v) is 3.27. The van der Waals surface area contributed by atoms with Crippen LogP contribution in [0.25, 0.3) is 0 Å². The Morgan fingerprint density at radius 1 is 1.56 bits per heavy atom. The fourth-order valence-electron chi connectivity index (χ4n) is 1.11. The highest BCUT2D eigenvalue weighted by Gasteiger charge is 2.30. The first-order valence-corrected chi connectivity index (χ1v) is 4.52. The molecule has 3 N–H and O–H groups in total. The van der Waals surface area contributed by atoms with Gasteiger partial charge in [0.25, 0.3) is 5.91 Å². The number of hydrogen-bond acceptors (Lipinski definition) is 4. The van der Waals surface area contributed by atoms with Gasteiger partial charge in [-0.05, 0) is 6.92 Å². The van der Waals surface area contributed by atoms with E-state index in [1.54, 1.807) is 0 Å². The van der Waals surface area contributed by atoms with Gasteiger partial charge in [0.15, 0.2) is 0 Å². The average Bonchev–Trinajstić information content (AvgIpc) is 2.49. The number of nitrogens with one attached hydrogen (secondary N) is 2. The van der Waals surface area contributed by atoms with Crippen molar-refractivity contribution in [2.24, 2.45) is 0 Å². The van der Waals surface area contributed by atoms with Crippen LogP contribution in [0.1, 0.15) is 6.92 Å². The van der Waals surface area contributed by atoms with Crippen molar-refractivity contribution in [2.45, 2.75) is 13.0 Å². The third-order valence-corrected chi connectivity index (χ3v) is 1.99. The minimum atomic E-state index is -1.19. The molecule has 1 atom stereocenters. The number of nitrogens with zero attached hydrogens (tertiary/aromatic N) is 1. The standard InChI is InChI=1S/C8H11N3O5/c1-4(7(14)15)10-5(12)3-11-6(13)2-9-8(11)16/h4H,2-3H2,1H3,(H,9,16)(H,10,12)(H,14,15)/t4-/m1/s1. The Morgan fingerprint density at radius 2 is 2.19 bits per heavy atom. The number of urea groups is 1. The molecular weight excluding hydrogens is 218 g/mol.